The van der Waals surface area contributed by atoms with E-state index in [1.54, 1.807) is 19.1 Å². The van der Waals surface area contributed by atoms with Crippen molar-refractivity contribution in [3.8, 4) is 0 Å². The number of esters is 1. The van der Waals surface area contributed by atoms with Gasteiger partial charge in [-0.3, -0.25) is 15.0 Å². The van der Waals surface area contributed by atoms with Crippen LogP contribution >= 0.6 is 11.3 Å². The first-order valence-corrected chi connectivity index (χ1v) is 9.84. The second-order valence-electron chi connectivity index (χ2n) is 6.91. The summed E-state index contributed by atoms with van der Waals surface area (Å²) in [5.41, 5.74) is 2.11. The summed E-state index contributed by atoms with van der Waals surface area (Å²) in [6.07, 6.45) is 0.962. The molecule has 8 nitrogen and oxygen atoms in total. The first-order valence-electron chi connectivity index (χ1n) is 9.02. The molecule has 0 bridgehead atoms. The SMILES string of the molecule is Cc1ccc(C(=O)OCC(=O)NN2C(=O)N[C@@](C)(CCc3ccccc3)C2=O)s1. The number of hydrogen-bond acceptors (Lipinski definition) is 6. The van der Waals surface area contributed by atoms with Crippen LogP contribution in [0.4, 0.5) is 4.79 Å². The third-order valence-corrected chi connectivity index (χ3v) is 5.51. The van der Waals surface area contributed by atoms with Gasteiger partial charge in [-0.1, -0.05) is 30.3 Å². The van der Waals surface area contributed by atoms with E-state index in [9.17, 15) is 19.2 Å². The fraction of sp³-hybridized carbons (Fsp3) is 0.300. The summed E-state index contributed by atoms with van der Waals surface area (Å²) < 4.78 is 4.93. The van der Waals surface area contributed by atoms with Gasteiger partial charge in [-0.2, -0.15) is 5.01 Å². The number of thiophene rings is 1. The average Bonchev–Trinajstić information content (AvgIpc) is 3.23. The lowest BCUT2D eigenvalue weighted by atomic mass is 9.93. The van der Waals surface area contributed by atoms with Gasteiger partial charge in [0.15, 0.2) is 6.61 Å². The number of rotatable bonds is 7. The van der Waals surface area contributed by atoms with E-state index in [0.717, 1.165) is 10.4 Å². The molecule has 1 aromatic heterocycles. The van der Waals surface area contributed by atoms with Crippen molar-refractivity contribution in [2.24, 2.45) is 0 Å². The molecule has 9 heteroatoms. The molecule has 1 atom stereocenters. The maximum absolute atomic E-state index is 12.7. The molecule has 29 heavy (non-hydrogen) atoms. The first kappa shape index (κ1) is 20.5. The van der Waals surface area contributed by atoms with Crippen molar-refractivity contribution in [1.82, 2.24) is 15.8 Å². The van der Waals surface area contributed by atoms with E-state index in [2.05, 4.69) is 10.7 Å². The number of ether oxygens (including phenoxy) is 1. The van der Waals surface area contributed by atoms with Gasteiger partial charge in [0.2, 0.25) is 0 Å². The first-order chi connectivity index (χ1) is 13.8. The molecule has 152 valence electrons. The summed E-state index contributed by atoms with van der Waals surface area (Å²) in [5, 5.41) is 3.25. The van der Waals surface area contributed by atoms with Crippen LogP contribution in [-0.4, -0.2) is 41.0 Å². The fourth-order valence-corrected chi connectivity index (χ4v) is 3.66. The highest BCUT2D eigenvalue weighted by atomic mass is 32.1. The Morgan fingerprint density at radius 2 is 1.90 bits per heavy atom. The van der Waals surface area contributed by atoms with E-state index >= 15 is 0 Å². The smallest absolute Gasteiger partial charge is 0.348 e. The van der Waals surface area contributed by atoms with E-state index in [4.69, 9.17) is 4.74 Å². The summed E-state index contributed by atoms with van der Waals surface area (Å²) >= 11 is 1.25. The van der Waals surface area contributed by atoms with Crippen molar-refractivity contribution < 1.29 is 23.9 Å². The lowest BCUT2D eigenvalue weighted by molar-refractivity contribution is -0.140. The summed E-state index contributed by atoms with van der Waals surface area (Å²) in [5.74, 6) is -1.97. The number of benzene rings is 1. The van der Waals surface area contributed by atoms with Crippen LogP contribution in [0.15, 0.2) is 42.5 Å². The van der Waals surface area contributed by atoms with Crippen molar-refractivity contribution in [3.05, 3.63) is 57.8 Å². The predicted molar refractivity (Wildman–Crippen MR) is 106 cm³/mol. The van der Waals surface area contributed by atoms with Gasteiger partial charge in [0.1, 0.15) is 10.4 Å². The molecule has 0 spiro atoms. The molecule has 0 saturated carbocycles. The highest BCUT2D eigenvalue weighted by Crippen LogP contribution is 2.22. The van der Waals surface area contributed by atoms with Crippen LogP contribution in [0.25, 0.3) is 0 Å². The summed E-state index contributed by atoms with van der Waals surface area (Å²) in [7, 11) is 0. The molecule has 2 heterocycles. The van der Waals surface area contributed by atoms with Crippen LogP contribution in [0.3, 0.4) is 0 Å². The Bertz CT molecular complexity index is 943. The quantitative estimate of drug-likeness (QED) is 0.533. The van der Waals surface area contributed by atoms with Crippen LogP contribution < -0.4 is 10.7 Å². The topological polar surface area (TPSA) is 105 Å². The van der Waals surface area contributed by atoms with Crippen molar-refractivity contribution in [2.45, 2.75) is 32.2 Å². The molecule has 1 aromatic carbocycles. The summed E-state index contributed by atoms with van der Waals surface area (Å²) in [4.78, 5) is 50.1. The second-order valence-corrected chi connectivity index (χ2v) is 8.20. The van der Waals surface area contributed by atoms with Crippen molar-refractivity contribution in [1.29, 1.82) is 0 Å². The monoisotopic (exact) mass is 415 g/mol. The van der Waals surface area contributed by atoms with Gasteiger partial charge >= 0.3 is 12.0 Å². The van der Waals surface area contributed by atoms with Gasteiger partial charge in [-0.05, 0) is 44.4 Å². The average molecular weight is 415 g/mol. The maximum atomic E-state index is 12.7. The van der Waals surface area contributed by atoms with Crippen LogP contribution in [0.5, 0.6) is 0 Å². The summed E-state index contributed by atoms with van der Waals surface area (Å²) in [6.45, 7) is 2.86. The number of amides is 4. The zero-order chi connectivity index (χ0) is 21.0. The summed E-state index contributed by atoms with van der Waals surface area (Å²) in [6, 6.07) is 12.2. The largest absolute Gasteiger partial charge is 0.451 e. The Balaban J connectivity index is 1.53. The number of urea groups is 1. The van der Waals surface area contributed by atoms with Crippen molar-refractivity contribution >= 4 is 35.2 Å². The number of hydrazine groups is 1. The third kappa shape index (κ3) is 4.80. The Morgan fingerprint density at radius 3 is 2.55 bits per heavy atom. The minimum Gasteiger partial charge on any atom is -0.451 e. The van der Waals surface area contributed by atoms with Gasteiger partial charge in [0.25, 0.3) is 11.8 Å². The van der Waals surface area contributed by atoms with E-state index in [-0.39, 0.29) is 0 Å². The Hall–Kier alpha value is -3.20. The number of hydrogen-bond donors (Lipinski definition) is 2. The molecule has 2 aromatic rings. The van der Waals surface area contributed by atoms with E-state index in [1.165, 1.54) is 11.3 Å². The zero-order valence-corrected chi connectivity index (χ0v) is 16.9. The molecular formula is C20H21N3O5S. The van der Waals surface area contributed by atoms with Crippen LogP contribution in [-0.2, 0) is 20.7 Å². The van der Waals surface area contributed by atoms with E-state index in [1.807, 2.05) is 37.3 Å². The second kappa shape index (κ2) is 8.44. The van der Waals surface area contributed by atoms with Crippen LogP contribution in [0.2, 0.25) is 0 Å². The minimum absolute atomic E-state index is 0.374. The highest BCUT2D eigenvalue weighted by Gasteiger charge is 2.48. The fourth-order valence-electron chi connectivity index (χ4n) is 2.90. The number of imide groups is 1. The van der Waals surface area contributed by atoms with E-state index in [0.29, 0.717) is 22.7 Å². The highest BCUT2D eigenvalue weighted by molar-refractivity contribution is 7.13. The molecule has 1 fully saturated rings. The lowest BCUT2D eigenvalue weighted by Gasteiger charge is -2.21. The third-order valence-electron chi connectivity index (χ3n) is 4.53. The maximum Gasteiger partial charge on any atom is 0.348 e. The molecule has 3 rings (SSSR count). The Labute approximate surface area is 171 Å². The van der Waals surface area contributed by atoms with Gasteiger partial charge in [-0.25, -0.2) is 9.59 Å². The number of nitrogens with zero attached hydrogens (tertiary/aromatic N) is 1. The lowest BCUT2D eigenvalue weighted by Crippen LogP contribution is -2.50. The molecule has 2 N–H and O–H groups in total. The van der Waals surface area contributed by atoms with Gasteiger partial charge in [0, 0.05) is 4.88 Å². The van der Waals surface area contributed by atoms with Crippen LogP contribution in [0, 0.1) is 6.92 Å². The minimum atomic E-state index is -1.13. The number of carbonyl (C=O) groups is 4. The van der Waals surface area contributed by atoms with Gasteiger partial charge in [-0.15, -0.1) is 11.3 Å². The number of carbonyl (C=O) groups excluding carboxylic acids is 4. The van der Waals surface area contributed by atoms with Crippen molar-refractivity contribution in [2.75, 3.05) is 6.61 Å². The molecule has 1 aliphatic heterocycles. The predicted octanol–water partition coefficient (Wildman–Crippen LogP) is 2.19. The zero-order valence-electron chi connectivity index (χ0n) is 16.1. The molecule has 1 aliphatic rings. The molecule has 0 radical (unpaired) electrons. The molecule has 0 unspecified atom stereocenters. The molecular weight excluding hydrogens is 394 g/mol. The Kier molecular flexibility index (Phi) is 5.97. The van der Waals surface area contributed by atoms with E-state index < -0.39 is 36.0 Å². The van der Waals surface area contributed by atoms with Gasteiger partial charge < -0.3 is 10.1 Å². The molecule has 0 aliphatic carbocycles. The Morgan fingerprint density at radius 1 is 1.17 bits per heavy atom. The van der Waals surface area contributed by atoms with Crippen LogP contribution in [0.1, 0.15) is 33.5 Å². The molecule has 1 saturated heterocycles. The standard InChI is InChI=1S/C20H21N3O5S/c1-13-8-9-15(29-13)17(25)28-12-16(24)22-23-18(26)20(2,21-19(23)27)11-10-14-6-4-3-5-7-14/h3-9H,10-12H2,1-2H3,(H,21,27)(H,22,24)/t20-/m0/s1. The number of aryl methyl sites for hydroxylation is 2. The van der Waals surface area contributed by atoms with Crippen molar-refractivity contribution in [3.63, 3.8) is 0 Å². The molecule has 4 amide bonds. The number of nitrogens with one attached hydrogen (secondary N) is 2. The van der Waals surface area contributed by atoms with Gasteiger partial charge in [0.05, 0.1) is 0 Å². The normalized spacial score (nSPS) is 18.5.